The molecule has 3 aliphatic rings. The van der Waals surface area contributed by atoms with Crippen LogP contribution in [0.2, 0.25) is 0 Å². The van der Waals surface area contributed by atoms with Crippen molar-refractivity contribution in [2.45, 2.75) is 30.4 Å². The number of carbonyl (C=O) groups excluding carboxylic acids is 2. The first-order valence-electron chi connectivity index (χ1n) is 8.91. The first-order valence-corrected chi connectivity index (χ1v) is 9.96. The highest BCUT2D eigenvalue weighted by Crippen LogP contribution is 2.47. The van der Waals surface area contributed by atoms with E-state index in [9.17, 15) is 9.59 Å². The number of amides is 1. The Balaban J connectivity index is 1.55. The van der Waals surface area contributed by atoms with E-state index in [2.05, 4.69) is 18.2 Å². The van der Waals surface area contributed by atoms with E-state index in [0.29, 0.717) is 12.3 Å². The summed E-state index contributed by atoms with van der Waals surface area (Å²) in [4.78, 5) is 27.6. The normalized spacial score (nSPS) is 24.0. The molecule has 2 aromatic rings. The summed E-state index contributed by atoms with van der Waals surface area (Å²) in [5.41, 5.74) is 5.37. The second-order valence-electron chi connectivity index (χ2n) is 7.05. The average Bonchev–Trinajstić information content (AvgIpc) is 3.04. The molecular formula is C21H19NO2S. The van der Waals surface area contributed by atoms with Crippen molar-refractivity contribution < 1.29 is 9.59 Å². The van der Waals surface area contributed by atoms with Crippen LogP contribution in [0.25, 0.3) is 0 Å². The highest BCUT2D eigenvalue weighted by atomic mass is 32.2. The van der Waals surface area contributed by atoms with Crippen molar-refractivity contribution in [2.75, 3.05) is 17.2 Å². The number of nitrogens with zero attached hydrogens (tertiary/aromatic N) is 1. The number of fused-ring (bicyclic) bond motifs is 1. The van der Waals surface area contributed by atoms with E-state index in [1.165, 1.54) is 5.56 Å². The van der Waals surface area contributed by atoms with Crippen LogP contribution in [0.5, 0.6) is 0 Å². The minimum Gasteiger partial charge on any atom is -0.310 e. The number of anilines is 1. The molecule has 3 nitrogen and oxygen atoms in total. The minimum absolute atomic E-state index is 0.128. The molecule has 0 radical (unpaired) electrons. The number of thioether (sulfide) groups is 1. The predicted octanol–water partition coefficient (Wildman–Crippen LogP) is 4.12. The van der Waals surface area contributed by atoms with Gasteiger partial charge in [-0.15, -0.1) is 11.8 Å². The van der Waals surface area contributed by atoms with E-state index in [1.807, 2.05) is 29.2 Å². The van der Waals surface area contributed by atoms with Crippen molar-refractivity contribution in [1.29, 1.82) is 0 Å². The number of benzene rings is 2. The molecule has 0 bridgehead atoms. The van der Waals surface area contributed by atoms with Crippen LogP contribution in [0, 0.1) is 0 Å². The lowest BCUT2D eigenvalue weighted by Gasteiger charge is -2.28. The summed E-state index contributed by atoms with van der Waals surface area (Å²) in [5, 5.41) is -0.128. The van der Waals surface area contributed by atoms with E-state index in [1.54, 1.807) is 11.8 Å². The largest absolute Gasteiger partial charge is 0.310 e. The van der Waals surface area contributed by atoms with Gasteiger partial charge in [0.05, 0.1) is 0 Å². The topological polar surface area (TPSA) is 37.4 Å². The highest BCUT2D eigenvalue weighted by Gasteiger charge is 2.41. The van der Waals surface area contributed by atoms with Crippen molar-refractivity contribution in [1.82, 2.24) is 0 Å². The van der Waals surface area contributed by atoms with E-state index in [-0.39, 0.29) is 16.9 Å². The predicted molar refractivity (Wildman–Crippen MR) is 100 cm³/mol. The zero-order chi connectivity index (χ0) is 17.0. The zero-order valence-electron chi connectivity index (χ0n) is 13.9. The fourth-order valence-corrected chi connectivity index (χ4v) is 5.75. The first kappa shape index (κ1) is 15.2. The van der Waals surface area contributed by atoms with Gasteiger partial charge in [-0.1, -0.05) is 36.4 Å². The second-order valence-corrected chi connectivity index (χ2v) is 8.26. The Kier molecular flexibility index (Phi) is 3.49. The fraction of sp³-hybridized carbons (Fsp3) is 0.333. The molecule has 126 valence electrons. The lowest BCUT2D eigenvalue weighted by atomic mass is 9.83. The standard InChI is InChI=1S/C21H19NO2S/c23-18-9-8-14-12-22(17-7-3-6-16(18)19(14)17)21(24)20-15-5-2-1-4-13(15)10-11-25-20/h1-7,14,20H,8-12H2. The summed E-state index contributed by atoms with van der Waals surface area (Å²) in [7, 11) is 0. The van der Waals surface area contributed by atoms with E-state index in [4.69, 9.17) is 0 Å². The van der Waals surface area contributed by atoms with Crippen LogP contribution in [0.15, 0.2) is 42.5 Å². The quantitative estimate of drug-likeness (QED) is 0.777. The minimum atomic E-state index is -0.128. The Morgan fingerprint density at radius 3 is 2.88 bits per heavy atom. The Bertz CT molecular complexity index is 891. The Hall–Kier alpha value is -2.07. The number of hydrogen-bond donors (Lipinski definition) is 0. The third-order valence-electron chi connectivity index (χ3n) is 5.69. The fourth-order valence-electron chi connectivity index (χ4n) is 4.49. The average molecular weight is 349 g/mol. The third kappa shape index (κ3) is 2.27. The molecule has 0 spiro atoms. The van der Waals surface area contributed by atoms with Crippen molar-refractivity contribution in [3.8, 4) is 0 Å². The van der Waals surface area contributed by atoms with Crippen molar-refractivity contribution >= 4 is 29.1 Å². The first-order chi connectivity index (χ1) is 12.2. The smallest absolute Gasteiger partial charge is 0.244 e. The van der Waals surface area contributed by atoms with Gasteiger partial charge in [0.15, 0.2) is 5.78 Å². The number of Topliss-reactive ketones (excluding diaryl/α,β-unsaturated/α-hetero) is 1. The summed E-state index contributed by atoms with van der Waals surface area (Å²) in [6, 6.07) is 14.2. The molecule has 2 atom stereocenters. The number of hydrogen-bond acceptors (Lipinski definition) is 3. The van der Waals surface area contributed by atoms with E-state index >= 15 is 0 Å². The summed E-state index contributed by atoms with van der Waals surface area (Å²) in [6.45, 7) is 0.720. The maximum Gasteiger partial charge on any atom is 0.244 e. The number of ketones is 1. The highest BCUT2D eigenvalue weighted by molar-refractivity contribution is 8.00. The molecule has 0 N–H and O–H groups in total. The molecular weight excluding hydrogens is 330 g/mol. The Labute approximate surface area is 151 Å². The van der Waals surface area contributed by atoms with Gasteiger partial charge in [0.25, 0.3) is 0 Å². The molecule has 0 aromatic heterocycles. The van der Waals surface area contributed by atoms with Crippen LogP contribution in [0.4, 0.5) is 5.69 Å². The van der Waals surface area contributed by atoms with Crippen molar-refractivity contribution in [3.63, 3.8) is 0 Å². The Morgan fingerprint density at radius 1 is 1.08 bits per heavy atom. The molecule has 1 aliphatic carbocycles. The molecule has 1 amide bonds. The molecule has 2 unspecified atom stereocenters. The maximum absolute atomic E-state index is 13.4. The van der Waals surface area contributed by atoms with Gasteiger partial charge in [-0.05, 0) is 41.4 Å². The SMILES string of the molecule is O=C1CCC2CN(C(=O)C3SCCc4ccccc43)c3cccc1c32. The van der Waals surface area contributed by atoms with Crippen LogP contribution in [-0.2, 0) is 11.2 Å². The van der Waals surface area contributed by atoms with Crippen LogP contribution >= 0.6 is 11.8 Å². The summed E-state index contributed by atoms with van der Waals surface area (Å²) in [5.74, 6) is 1.69. The van der Waals surface area contributed by atoms with Gasteiger partial charge in [0, 0.05) is 30.1 Å². The molecule has 2 aliphatic heterocycles. The van der Waals surface area contributed by atoms with Gasteiger partial charge < -0.3 is 4.90 Å². The van der Waals surface area contributed by atoms with Crippen LogP contribution in [0.3, 0.4) is 0 Å². The van der Waals surface area contributed by atoms with Crippen LogP contribution in [0.1, 0.15) is 51.1 Å². The molecule has 25 heavy (non-hydrogen) atoms. The van der Waals surface area contributed by atoms with Crippen LogP contribution in [-0.4, -0.2) is 24.0 Å². The molecule has 2 heterocycles. The van der Waals surface area contributed by atoms with Crippen molar-refractivity contribution in [2.24, 2.45) is 0 Å². The van der Waals surface area contributed by atoms with Crippen LogP contribution < -0.4 is 4.90 Å². The number of carbonyl (C=O) groups is 2. The van der Waals surface area contributed by atoms with Gasteiger partial charge in [0.2, 0.25) is 5.91 Å². The van der Waals surface area contributed by atoms with Gasteiger partial charge in [-0.2, -0.15) is 0 Å². The lowest BCUT2D eigenvalue weighted by molar-refractivity contribution is -0.118. The maximum atomic E-state index is 13.4. The monoisotopic (exact) mass is 349 g/mol. The molecule has 0 saturated carbocycles. The molecule has 4 heteroatoms. The Morgan fingerprint density at radius 2 is 1.96 bits per heavy atom. The van der Waals surface area contributed by atoms with Gasteiger partial charge >= 0.3 is 0 Å². The summed E-state index contributed by atoms with van der Waals surface area (Å²) < 4.78 is 0. The number of aryl methyl sites for hydroxylation is 1. The van der Waals surface area contributed by atoms with Crippen molar-refractivity contribution in [3.05, 3.63) is 64.7 Å². The zero-order valence-corrected chi connectivity index (χ0v) is 14.7. The van der Waals surface area contributed by atoms with Gasteiger partial charge in [-0.3, -0.25) is 9.59 Å². The molecule has 2 aromatic carbocycles. The molecule has 5 rings (SSSR count). The number of rotatable bonds is 1. The summed E-state index contributed by atoms with van der Waals surface area (Å²) in [6.07, 6.45) is 2.49. The molecule has 0 fully saturated rings. The lowest BCUT2D eigenvalue weighted by Crippen LogP contribution is -2.34. The summed E-state index contributed by atoms with van der Waals surface area (Å²) >= 11 is 1.75. The van der Waals surface area contributed by atoms with Gasteiger partial charge in [0.1, 0.15) is 5.25 Å². The van der Waals surface area contributed by atoms with Gasteiger partial charge in [-0.25, -0.2) is 0 Å². The molecule has 0 saturated heterocycles. The second kappa shape index (κ2) is 5.73. The van der Waals surface area contributed by atoms with E-state index < -0.39 is 0 Å². The third-order valence-corrected chi connectivity index (χ3v) is 6.92. The van der Waals surface area contributed by atoms with E-state index in [0.717, 1.165) is 47.5 Å².